The van der Waals surface area contributed by atoms with Crippen LogP contribution in [0.1, 0.15) is 5.56 Å². The first kappa shape index (κ1) is 13.8. The van der Waals surface area contributed by atoms with Crippen LogP contribution in [0.5, 0.6) is 0 Å². The summed E-state index contributed by atoms with van der Waals surface area (Å²) >= 11 is 3.37. The summed E-state index contributed by atoms with van der Waals surface area (Å²) < 4.78 is 15.5. The maximum atomic E-state index is 13.4. The third-order valence-corrected chi connectivity index (χ3v) is 3.90. The smallest absolute Gasteiger partial charge is 0.416 e. The maximum Gasteiger partial charge on any atom is 0.416 e. The minimum atomic E-state index is -1.07. The van der Waals surface area contributed by atoms with Crippen LogP contribution in [-0.4, -0.2) is 15.8 Å². The lowest BCUT2D eigenvalue weighted by Crippen LogP contribution is -2.09. The van der Waals surface area contributed by atoms with E-state index < -0.39 is 6.09 Å². The number of carboxylic acid groups (broad SMARTS) is 1. The highest BCUT2D eigenvalue weighted by molar-refractivity contribution is 9.10. The molecule has 3 nitrogen and oxygen atoms in total. The fourth-order valence-corrected chi connectivity index (χ4v) is 2.79. The largest absolute Gasteiger partial charge is 0.464 e. The Morgan fingerprint density at radius 1 is 1.19 bits per heavy atom. The molecular formula is C16H11BrFNO2. The molecule has 0 saturated carbocycles. The number of aryl methyl sites for hydroxylation is 1. The maximum absolute atomic E-state index is 13.4. The van der Waals surface area contributed by atoms with Gasteiger partial charge in [-0.3, -0.25) is 0 Å². The second-order valence-electron chi connectivity index (χ2n) is 4.81. The molecule has 0 bridgehead atoms. The number of rotatable bonds is 1. The fourth-order valence-electron chi connectivity index (χ4n) is 2.41. The molecule has 21 heavy (non-hydrogen) atoms. The van der Waals surface area contributed by atoms with Crippen molar-refractivity contribution < 1.29 is 14.3 Å². The van der Waals surface area contributed by atoms with Crippen LogP contribution < -0.4 is 0 Å². The molecule has 3 rings (SSSR count). The first-order chi connectivity index (χ1) is 9.97. The van der Waals surface area contributed by atoms with E-state index in [1.807, 2.05) is 6.07 Å². The molecule has 0 aliphatic heterocycles. The number of hydrogen-bond donors (Lipinski definition) is 1. The van der Waals surface area contributed by atoms with Crippen molar-refractivity contribution in [1.82, 2.24) is 4.57 Å². The van der Waals surface area contributed by atoms with Crippen LogP contribution in [0.25, 0.3) is 22.2 Å². The van der Waals surface area contributed by atoms with Crippen molar-refractivity contribution in [3.63, 3.8) is 0 Å². The van der Waals surface area contributed by atoms with Crippen molar-refractivity contribution in [2.75, 3.05) is 0 Å². The molecule has 0 saturated heterocycles. The summed E-state index contributed by atoms with van der Waals surface area (Å²) in [6.45, 7) is 1.66. The minimum absolute atomic E-state index is 0.306. The summed E-state index contributed by atoms with van der Waals surface area (Å²) in [6.07, 6.45) is -1.07. The van der Waals surface area contributed by atoms with E-state index in [2.05, 4.69) is 15.9 Å². The number of benzene rings is 2. The Morgan fingerprint density at radius 2 is 1.95 bits per heavy atom. The van der Waals surface area contributed by atoms with Gasteiger partial charge in [-0.05, 0) is 60.5 Å². The lowest BCUT2D eigenvalue weighted by Gasteiger charge is -2.06. The molecular weight excluding hydrogens is 337 g/mol. The summed E-state index contributed by atoms with van der Waals surface area (Å²) in [7, 11) is 0. The summed E-state index contributed by atoms with van der Waals surface area (Å²) in [4.78, 5) is 11.6. The lowest BCUT2D eigenvalue weighted by molar-refractivity contribution is 0.198. The SMILES string of the molecule is Cc1cc(-c2cc3cc(Br)ccc3n2C(=O)O)ccc1F. The Balaban J connectivity index is 2.33. The zero-order valence-electron chi connectivity index (χ0n) is 11.1. The zero-order chi connectivity index (χ0) is 15.1. The summed E-state index contributed by atoms with van der Waals surface area (Å²) in [6, 6.07) is 11.8. The molecule has 0 unspecified atom stereocenters. The molecule has 0 radical (unpaired) electrons. The van der Waals surface area contributed by atoms with Gasteiger partial charge < -0.3 is 5.11 Å². The van der Waals surface area contributed by atoms with Crippen LogP contribution in [0.2, 0.25) is 0 Å². The highest BCUT2D eigenvalue weighted by Gasteiger charge is 2.16. The Morgan fingerprint density at radius 3 is 2.62 bits per heavy atom. The normalized spacial score (nSPS) is 11.0. The van der Waals surface area contributed by atoms with E-state index in [1.54, 1.807) is 37.3 Å². The van der Waals surface area contributed by atoms with Crippen molar-refractivity contribution in [3.8, 4) is 11.3 Å². The third-order valence-electron chi connectivity index (χ3n) is 3.41. The van der Waals surface area contributed by atoms with E-state index in [1.165, 1.54) is 10.6 Å². The zero-order valence-corrected chi connectivity index (χ0v) is 12.7. The van der Waals surface area contributed by atoms with E-state index >= 15 is 0 Å². The fraction of sp³-hybridized carbons (Fsp3) is 0.0625. The molecule has 106 valence electrons. The lowest BCUT2D eigenvalue weighted by atomic mass is 10.1. The van der Waals surface area contributed by atoms with E-state index in [-0.39, 0.29) is 5.82 Å². The van der Waals surface area contributed by atoms with Gasteiger partial charge in [0.2, 0.25) is 0 Å². The second-order valence-corrected chi connectivity index (χ2v) is 5.73. The average molecular weight is 348 g/mol. The molecule has 3 aromatic rings. The molecule has 1 N–H and O–H groups in total. The predicted molar refractivity (Wildman–Crippen MR) is 83.2 cm³/mol. The van der Waals surface area contributed by atoms with Gasteiger partial charge in [0, 0.05) is 9.86 Å². The summed E-state index contributed by atoms with van der Waals surface area (Å²) in [5.41, 5.74) is 2.28. The molecule has 1 heterocycles. The molecule has 0 atom stereocenters. The number of fused-ring (bicyclic) bond motifs is 1. The Hall–Kier alpha value is -2.14. The molecule has 0 spiro atoms. The van der Waals surface area contributed by atoms with Crippen LogP contribution in [-0.2, 0) is 0 Å². The Labute approximate surface area is 128 Å². The first-order valence-electron chi connectivity index (χ1n) is 6.28. The molecule has 0 aliphatic rings. The van der Waals surface area contributed by atoms with Gasteiger partial charge in [-0.15, -0.1) is 0 Å². The molecule has 2 aromatic carbocycles. The molecule has 0 amide bonds. The van der Waals surface area contributed by atoms with Crippen molar-refractivity contribution >= 4 is 32.9 Å². The van der Waals surface area contributed by atoms with Crippen molar-refractivity contribution in [2.24, 2.45) is 0 Å². The van der Waals surface area contributed by atoms with Crippen LogP contribution in [0, 0.1) is 12.7 Å². The van der Waals surface area contributed by atoms with Crippen molar-refractivity contribution in [1.29, 1.82) is 0 Å². The van der Waals surface area contributed by atoms with Crippen LogP contribution >= 0.6 is 15.9 Å². The van der Waals surface area contributed by atoms with Gasteiger partial charge in [0.1, 0.15) is 5.82 Å². The predicted octanol–water partition coefficient (Wildman–Crippen LogP) is 5.04. The van der Waals surface area contributed by atoms with Crippen LogP contribution in [0.15, 0.2) is 46.9 Å². The van der Waals surface area contributed by atoms with E-state index in [9.17, 15) is 14.3 Å². The van der Waals surface area contributed by atoms with Crippen LogP contribution in [0.4, 0.5) is 9.18 Å². The van der Waals surface area contributed by atoms with Crippen molar-refractivity contribution in [2.45, 2.75) is 6.92 Å². The number of nitrogens with zero attached hydrogens (tertiary/aromatic N) is 1. The van der Waals surface area contributed by atoms with Gasteiger partial charge in [-0.25, -0.2) is 13.8 Å². The number of halogens is 2. The highest BCUT2D eigenvalue weighted by Crippen LogP contribution is 2.30. The molecule has 0 aliphatic carbocycles. The van der Waals surface area contributed by atoms with E-state index in [0.717, 1.165) is 9.86 Å². The number of aromatic nitrogens is 1. The van der Waals surface area contributed by atoms with Gasteiger partial charge in [0.25, 0.3) is 0 Å². The standard InChI is InChI=1S/C16H11BrFNO2/c1-9-6-10(2-4-13(9)18)15-8-11-7-12(17)3-5-14(11)19(15)16(20)21/h2-8H,1H3,(H,20,21). The monoisotopic (exact) mass is 347 g/mol. The summed E-state index contributed by atoms with van der Waals surface area (Å²) in [5.74, 6) is -0.306. The molecule has 5 heteroatoms. The molecule has 0 fully saturated rings. The van der Waals surface area contributed by atoms with Gasteiger partial charge >= 0.3 is 6.09 Å². The highest BCUT2D eigenvalue weighted by atomic mass is 79.9. The van der Waals surface area contributed by atoms with E-state index in [4.69, 9.17) is 0 Å². The quantitative estimate of drug-likeness (QED) is 0.669. The average Bonchev–Trinajstić information content (AvgIpc) is 2.80. The van der Waals surface area contributed by atoms with E-state index in [0.29, 0.717) is 22.3 Å². The first-order valence-corrected chi connectivity index (χ1v) is 7.07. The number of hydrogen-bond acceptors (Lipinski definition) is 1. The number of carbonyl (C=O) groups is 1. The minimum Gasteiger partial charge on any atom is -0.464 e. The Kier molecular flexibility index (Phi) is 3.29. The van der Waals surface area contributed by atoms with Gasteiger partial charge in [-0.1, -0.05) is 15.9 Å². The second kappa shape index (κ2) is 5.00. The van der Waals surface area contributed by atoms with Gasteiger partial charge in [0.05, 0.1) is 11.2 Å². The molecule has 1 aromatic heterocycles. The third kappa shape index (κ3) is 2.34. The van der Waals surface area contributed by atoms with Crippen molar-refractivity contribution in [3.05, 3.63) is 58.3 Å². The van der Waals surface area contributed by atoms with Gasteiger partial charge in [0.15, 0.2) is 0 Å². The Bertz CT molecular complexity index is 870. The topological polar surface area (TPSA) is 42.2 Å². The van der Waals surface area contributed by atoms with Gasteiger partial charge in [-0.2, -0.15) is 0 Å². The van der Waals surface area contributed by atoms with Crippen LogP contribution in [0.3, 0.4) is 0 Å². The summed E-state index contributed by atoms with van der Waals surface area (Å²) in [5, 5.41) is 10.3.